The van der Waals surface area contributed by atoms with Crippen LogP contribution in [-0.2, 0) is 0 Å². The van der Waals surface area contributed by atoms with Crippen molar-refractivity contribution in [1.82, 2.24) is 10.4 Å². The van der Waals surface area contributed by atoms with Crippen LogP contribution >= 0.6 is 0 Å². The van der Waals surface area contributed by atoms with Gasteiger partial charge in [0.15, 0.2) is 0 Å². The third-order valence-corrected chi connectivity index (χ3v) is 1.66. The molecular formula is C7H8N4. The predicted molar refractivity (Wildman–Crippen MR) is 39.8 cm³/mol. The van der Waals surface area contributed by atoms with Gasteiger partial charge in [0.25, 0.3) is 0 Å². The second kappa shape index (κ2) is 2.65. The van der Waals surface area contributed by atoms with Crippen molar-refractivity contribution in [3.8, 4) is 0 Å². The molecule has 0 aromatic carbocycles. The minimum absolute atomic E-state index is 0.248. The van der Waals surface area contributed by atoms with E-state index in [4.69, 9.17) is 0 Å². The lowest BCUT2D eigenvalue weighted by Gasteiger charge is -2.06. The van der Waals surface area contributed by atoms with Gasteiger partial charge in [0.2, 0.25) is 0 Å². The van der Waals surface area contributed by atoms with E-state index in [0.717, 1.165) is 6.54 Å². The van der Waals surface area contributed by atoms with Gasteiger partial charge < -0.3 is 0 Å². The summed E-state index contributed by atoms with van der Waals surface area (Å²) in [5.74, 6) is 0. The van der Waals surface area contributed by atoms with Crippen LogP contribution in [0.5, 0.6) is 0 Å². The summed E-state index contributed by atoms with van der Waals surface area (Å²) >= 11 is 0. The third-order valence-electron chi connectivity index (χ3n) is 1.66. The first-order valence-corrected chi connectivity index (χ1v) is 3.49. The van der Waals surface area contributed by atoms with E-state index >= 15 is 0 Å². The molecule has 0 spiro atoms. The monoisotopic (exact) mass is 148 g/mol. The molecule has 2 rings (SSSR count). The highest BCUT2D eigenvalue weighted by molar-refractivity contribution is 5.15. The Labute approximate surface area is 64.3 Å². The molecule has 0 aliphatic carbocycles. The molecule has 0 bridgehead atoms. The van der Waals surface area contributed by atoms with Gasteiger partial charge in [-0.15, -0.1) is 0 Å². The van der Waals surface area contributed by atoms with E-state index in [1.165, 1.54) is 5.56 Å². The Bertz CT molecular complexity index is 248. The van der Waals surface area contributed by atoms with E-state index < -0.39 is 0 Å². The molecule has 1 aromatic rings. The predicted octanol–water partition coefficient (Wildman–Crippen LogP) is 1.09. The topological polar surface area (TPSA) is 49.6 Å². The molecule has 11 heavy (non-hydrogen) atoms. The lowest BCUT2D eigenvalue weighted by molar-refractivity contribution is 0.642. The molecule has 0 saturated heterocycles. The molecular weight excluding hydrogens is 140 g/mol. The summed E-state index contributed by atoms with van der Waals surface area (Å²) in [5, 5.41) is 7.53. The van der Waals surface area contributed by atoms with E-state index in [9.17, 15) is 0 Å². The fourth-order valence-electron chi connectivity index (χ4n) is 1.05. The molecule has 1 atom stereocenters. The zero-order chi connectivity index (χ0) is 7.52. The van der Waals surface area contributed by atoms with Crippen molar-refractivity contribution in [2.45, 2.75) is 6.04 Å². The standard InChI is InChI=1S/C7H8N4/c1-3-8-4-2-6(1)7-5-9-11-10-7/h1-4,7H,5H2,(H,9,10). The Kier molecular flexibility index (Phi) is 1.51. The molecule has 1 aliphatic heterocycles. The van der Waals surface area contributed by atoms with Gasteiger partial charge in [0.05, 0.1) is 12.6 Å². The van der Waals surface area contributed by atoms with Crippen molar-refractivity contribution >= 4 is 0 Å². The molecule has 1 aromatic heterocycles. The van der Waals surface area contributed by atoms with Crippen molar-refractivity contribution in [3.63, 3.8) is 0 Å². The maximum Gasteiger partial charge on any atom is 0.0921 e. The van der Waals surface area contributed by atoms with Crippen LogP contribution in [0.4, 0.5) is 0 Å². The van der Waals surface area contributed by atoms with Crippen LogP contribution in [0.2, 0.25) is 0 Å². The average Bonchev–Trinajstić information content (AvgIpc) is 2.58. The number of nitrogens with zero attached hydrogens (tertiary/aromatic N) is 3. The zero-order valence-corrected chi connectivity index (χ0v) is 5.94. The lowest BCUT2D eigenvalue weighted by Crippen LogP contribution is -2.12. The van der Waals surface area contributed by atoms with Crippen LogP contribution in [0.25, 0.3) is 0 Å². The van der Waals surface area contributed by atoms with Gasteiger partial charge in [-0.1, -0.05) is 5.22 Å². The maximum absolute atomic E-state index is 3.93. The summed E-state index contributed by atoms with van der Waals surface area (Å²) in [6.07, 6.45) is 3.55. The van der Waals surface area contributed by atoms with Crippen LogP contribution in [0, 0.1) is 0 Å². The third kappa shape index (κ3) is 1.19. The highest BCUT2D eigenvalue weighted by atomic mass is 15.5. The van der Waals surface area contributed by atoms with E-state index in [-0.39, 0.29) is 6.04 Å². The van der Waals surface area contributed by atoms with Gasteiger partial charge in [0.1, 0.15) is 0 Å². The van der Waals surface area contributed by atoms with E-state index in [0.29, 0.717) is 0 Å². The highest BCUT2D eigenvalue weighted by Crippen LogP contribution is 2.15. The number of rotatable bonds is 1. The van der Waals surface area contributed by atoms with Crippen LogP contribution in [0.1, 0.15) is 11.6 Å². The number of aromatic nitrogens is 1. The quantitative estimate of drug-likeness (QED) is 0.648. The molecule has 56 valence electrons. The first kappa shape index (κ1) is 6.27. The molecule has 0 amide bonds. The molecule has 0 fully saturated rings. The number of hydrogen-bond donors (Lipinski definition) is 1. The molecule has 4 heteroatoms. The van der Waals surface area contributed by atoms with Crippen molar-refractivity contribution in [1.29, 1.82) is 0 Å². The molecule has 1 N–H and O–H groups in total. The van der Waals surface area contributed by atoms with E-state index in [2.05, 4.69) is 20.7 Å². The molecule has 0 radical (unpaired) electrons. The summed E-state index contributed by atoms with van der Waals surface area (Å²) in [7, 11) is 0. The fourth-order valence-corrected chi connectivity index (χ4v) is 1.05. The van der Waals surface area contributed by atoms with Gasteiger partial charge >= 0.3 is 0 Å². The summed E-state index contributed by atoms with van der Waals surface area (Å²) < 4.78 is 0. The lowest BCUT2D eigenvalue weighted by atomic mass is 10.1. The number of hydrogen-bond acceptors (Lipinski definition) is 4. The zero-order valence-electron chi connectivity index (χ0n) is 5.94. The Morgan fingerprint density at radius 2 is 2.18 bits per heavy atom. The van der Waals surface area contributed by atoms with E-state index in [1.54, 1.807) is 12.4 Å². The maximum atomic E-state index is 3.93. The van der Waals surface area contributed by atoms with Crippen LogP contribution in [0.15, 0.2) is 34.9 Å². The Hall–Kier alpha value is -1.45. The second-order valence-electron chi connectivity index (χ2n) is 2.39. The van der Waals surface area contributed by atoms with Crippen LogP contribution in [0.3, 0.4) is 0 Å². The highest BCUT2D eigenvalue weighted by Gasteiger charge is 2.12. The SMILES string of the molecule is c1cc(C2CN=NN2)ccn1. The van der Waals surface area contributed by atoms with Gasteiger partial charge in [0, 0.05) is 12.4 Å². The van der Waals surface area contributed by atoms with Crippen molar-refractivity contribution in [2.75, 3.05) is 6.54 Å². The number of nitrogens with one attached hydrogen (secondary N) is 1. The first-order valence-electron chi connectivity index (χ1n) is 3.49. The minimum Gasteiger partial charge on any atom is -0.282 e. The molecule has 0 saturated carbocycles. The molecule has 4 nitrogen and oxygen atoms in total. The second-order valence-corrected chi connectivity index (χ2v) is 2.39. The minimum atomic E-state index is 0.248. The summed E-state index contributed by atoms with van der Waals surface area (Å²) in [6.45, 7) is 0.726. The Morgan fingerprint density at radius 3 is 2.82 bits per heavy atom. The molecule has 1 unspecified atom stereocenters. The van der Waals surface area contributed by atoms with Crippen molar-refractivity contribution in [2.24, 2.45) is 10.3 Å². The summed E-state index contributed by atoms with van der Waals surface area (Å²) in [6, 6.07) is 4.18. The Morgan fingerprint density at radius 1 is 1.36 bits per heavy atom. The Balaban J connectivity index is 2.17. The van der Waals surface area contributed by atoms with Crippen molar-refractivity contribution in [3.05, 3.63) is 30.1 Å². The smallest absolute Gasteiger partial charge is 0.0921 e. The van der Waals surface area contributed by atoms with Gasteiger partial charge in [-0.05, 0) is 17.7 Å². The summed E-state index contributed by atoms with van der Waals surface area (Å²) in [5.41, 5.74) is 4.09. The number of pyridine rings is 1. The first-order chi connectivity index (χ1) is 5.47. The normalized spacial score (nSPS) is 21.6. The molecule has 1 aliphatic rings. The average molecular weight is 148 g/mol. The van der Waals surface area contributed by atoms with Gasteiger partial charge in [-0.25, -0.2) is 0 Å². The summed E-state index contributed by atoms with van der Waals surface area (Å²) in [4.78, 5) is 3.93. The van der Waals surface area contributed by atoms with Gasteiger partial charge in [-0.2, -0.15) is 5.11 Å². The van der Waals surface area contributed by atoms with Crippen LogP contribution < -0.4 is 5.43 Å². The van der Waals surface area contributed by atoms with Crippen LogP contribution in [-0.4, -0.2) is 11.5 Å². The largest absolute Gasteiger partial charge is 0.282 e. The fraction of sp³-hybridized carbons (Fsp3) is 0.286. The van der Waals surface area contributed by atoms with Gasteiger partial charge in [-0.3, -0.25) is 10.4 Å². The van der Waals surface area contributed by atoms with Crippen molar-refractivity contribution < 1.29 is 0 Å². The molecule has 2 heterocycles. The van der Waals surface area contributed by atoms with E-state index in [1.807, 2.05) is 12.1 Å².